The number of anilines is 1. The summed E-state index contributed by atoms with van der Waals surface area (Å²) < 4.78 is 39.0. The number of sulfonamides is 1. The average Bonchev–Trinajstić information content (AvgIpc) is 2.99. The van der Waals surface area contributed by atoms with Gasteiger partial charge in [0.15, 0.2) is 11.5 Å². The Morgan fingerprint density at radius 1 is 0.800 bits per heavy atom. The van der Waals surface area contributed by atoms with Gasteiger partial charge in [-0.05, 0) is 51.9 Å². The van der Waals surface area contributed by atoms with Gasteiger partial charge in [0.1, 0.15) is 6.54 Å². The van der Waals surface area contributed by atoms with Gasteiger partial charge >= 0.3 is 0 Å². The predicted octanol–water partition coefficient (Wildman–Crippen LogP) is 5.36. The van der Waals surface area contributed by atoms with Crippen molar-refractivity contribution in [3.63, 3.8) is 0 Å². The first-order valence-electron chi connectivity index (χ1n) is 12.4. The second kappa shape index (κ2) is 11.5. The first kappa shape index (κ1) is 26.7. The molecule has 40 heavy (non-hydrogen) atoms. The Bertz CT molecular complexity index is 1770. The van der Waals surface area contributed by atoms with Crippen molar-refractivity contribution < 1.29 is 22.7 Å². The number of benzene rings is 5. The van der Waals surface area contributed by atoms with Crippen molar-refractivity contribution in [3.8, 4) is 11.5 Å². The zero-order chi connectivity index (χ0) is 28.1. The quantitative estimate of drug-likeness (QED) is 0.151. The molecule has 0 fully saturated rings. The number of nitrogens with one attached hydrogen (secondary N) is 1. The van der Waals surface area contributed by atoms with Crippen LogP contribution in [0.5, 0.6) is 11.5 Å². The van der Waals surface area contributed by atoms with E-state index in [1.54, 1.807) is 36.5 Å². The number of methoxy groups -OCH3 is 2. The SMILES string of the molecule is COc1ccc(S(=O)(=O)N(CC(=O)N/N=C\c2c3ccccc3cc3ccccc23)c2ccccc2)cc1OC. The molecule has 0 unspecified atom stereocenters. The van der Waals surface area contributed by atoms with E-state index >= 15 is 0 Å². The van der Waals surface area contributed by atoms with Crippen LogP contribution in [0.3, 0.4) is 0 Å². The lowest BCUT2D eigenvalue weighted by atomic mass is 9.97. The lowest BCUT2D eigenvalue weighted by Crippen LogP contribution is -2.39. The highest BCUT2D eigenvalue weighted by molar-refractivity contribution is 7.92. The van der Waals surface area contributed by atoms with Gasteiger partial charge < -0.3 is 9.47 Å². The highest BCUT2D eigenvalue weighted by Gasteiger charge is 2.28. The standard InChI is InChI=1S/C31H27N3O5S/c1-38-29-17-16-25(19-30(29)39-2)40(36,37)34(24-12-4-3-5-13-24)21-31(35)33-32-20-28-26-14-8-6-10-22(26)18-23-11-7-9-15-27(23)28/h3-20H,21H2,1-2H3,(H,33,35)/b32-20-. The van der Waals surface area contributed by atoms with Gasteiger partial charge in [-0.15, -0.1) is 0 Å². The van der Waals surface area contributed by atoms with Crippen molar-refractivity contribution in [1.29, 1.82) is 0 Å². The number of amides is 1. The molecule has 1 amide bonds. The van der Waals surface area contributed by atoms with Crippen molar-refractivity contribution in [2.24, 2.45) is 5.10 Å². The largest absolute Gasteiger partial charge is 0.493 e. The average molecular weight is 554 g/mol. The van der Waals surface area contributed by atoms with Crippen LogP contribution >= 0.6 is 0 Å². The summed E-state index contributed by atoms with van der Waals surface area (Å²) in [7, 11) is -1.27. The van der Waals surface area contributed by atoms with Gasteiger partial charge in [-0.3, -0.25) is 9.10 Å². The number of rotatable bonds is 9. The maximum absolute atomic E-state index is 13.7. The Kier molecular flexibility index (Phi) is 7.65. The van der Waals surface area contributed by atoms with Crippen molar-refractivity contribution in [2.75, 3.05) is 25.1 Å². The van der Waals surface area contributed by atoms with E-state index in [1.807, 2.05) is 48.5 Å². The number of hydrogen-bond acceptors (Lipinski definition) is 6. The topological polar surface area (TPSA) is 97.3 Å². The molecule has 0 spiro atoms. The second-order valence-electron chi connectivity index (χ2n) is 8.89. The van der Waals surface area contributed by atoms with Crippen molar-refractivity contribution >= 4 is 49.4 Å². The second-order valence-corrected chi connectivity index (χ2v) is 10.8. The smallest absolute Gasteiger partial charge is 0.264 e. The molecule has 5 aromatic carbocycles. The van der Waals surface area contributed by atoms with Crippen molar-refractivity contribution in [2.45, 2.75) is 4.90 Å². The number of para-hydroxylation sites is 1. The number of hydrogen-bond donors (Lipinski definition) is 1. The third-order valence-corrected chi connectivity index (χ3v) is 8.24. The lowest BCUT2D eigenvalue weighted by molar-refractivity contribution is -0.119. The van der Waals surface area contributed by atoms with Gasteiger partial charge in [0.25, 0.3) is 15.9 Å². The number of fused-ring (bicyclic) bond motifs is 2. The minimum Gasteiger partial charge on any atom is -0.493 e. The molecule has 0 atom stereocenters. The third-order valence-electron chi connectivity index (χ3n) is 6.47. The van der Waals surface area contributed by atoms with Crippen LogP contribution in [-0.4, -0.2) is 41.3 Å². The summed E-state index contributed by atoms with van der Waals surface area (Å²) >= 11 is 0. The van der Waals surface area contributed by atoms with Crippen LogP contribution in [0.4, 0.5) is 5.69 Å². The van der Waals surface area contributed by atoms with Crippen LogP contribution in [-0.2, 0) is 14.8 Å². The van der Waals surface area contributed by atoms with Gasteiger partial charge in [0.05, 0.1) is 31.0 Å². The highest BCUT2D eigenvalue weighted by Crippen LogP contribution is 2.32. The molecule has 0 saturated heterocycles. The third kappa shape index (κ3) is 5.32. The summed E-state index contributed by atoms with van der Waals surface area (Å²) in [6.45, 7) is -0.492. The van der Waals surface area contributed by atoms with Gasteiger partial charge in [0.2, 0.25) is 0 Å². The maximum Gasteiger partial charge on any atom is 0.264 e. The van der Waals surface area contributed by atoms with Crippen molar-refractivity contribution in [3.05, 3.63) is 109 Å². The molecule has 8 nitrogen and oxygen atoms in total. The Morgan fingerprint density at radius 3 is 2.02 bits per heavy atom. The maximum atomic E-state index is 13.7. The van der Waals surface area contributed by atoms with E-state index in [9.17, 15) is 13.2 Å². The fraction of sp³-hybridized carbons (Fsp3) is 0.0968. The molecular weight excluding hydrogens is 526 g/mol. The Morgan fingerprint density at radius 2 is 1.40 bits per heavy atom. The van der Waals surface area contributed by atoms with Crippen LogP contribution in [0.25, 0.3) is 21.5 Å². The Labute approximate surface area is 232 Å². The van der Waals surface area contributed by atoms with Crippen LogP contribution in [0.1, 0.15) is 5.56 Å². The fourth-order valence-electron chi connectivity index (χ4n) is 4.54. The number of carbonyl (C=O) groups is 1. The predicted molar refractivity (Wildman–Crippen MR) is 158 cm³/mol. The summed E-state index contributed by atoms with van der Waals surface area (Å²) in [6.07, 6.45) is 1.60. The zero-order valence-electron chi connectivity index (χ0n) is 21.9. The minimum absolute atomic E-state index is 0.0486. The van der Waals surface area contributed by atoms with E-state index in [0.29, 0.717) is 11.4 Å². The highest BCUT2D eigenvalue weighted by atomic mass is 32.2. The van der Waals surface area contributed by atoms with Gasteiger partial charge in [0, 0.05) is 11.6 Å². The molecule has 5 rings (SSSR count). The molecule has 5 aromatic rings. The fourth-order valence-corrected chi connectivity index (χ4v) is 5.97. The van der Waals surface area contributed by atoms with E-state index in [-0.39, 0.29) is 10.6 Å². The summed E-state index contributed by atoms with van der Waals surface area (Å²) in [5, 5.41) is 8.28. The molecule has 9 heteroatoms. The van der Waals surface area contributed by atoms with Gasteiger partial charge in [-0.25, -0.2) is 13.8 Å². The Balaban J connectivity index is 1.44. The van der Waals surface area contributed by atoms with Crippen LogP contribution in [0, 0.1) is 0 Å². The van der Waals surface area contributed by atoms with E-state index in [4.69, 9.17) is 9.47 Å². The first-order valence-corrected chi connectivity index (χ1v) is 13.9. The molecule has 0 aliphatic rings. The Hall–Kier alpha value is -4.89. The normalized spacial score (nSPS) is 11.6. The first-order chi connectivity index (χ1) is 19.4. The van der Waals surface area contributed by atoms with E-state index < -0.39 is 22.5 Å². The molecule has 202 valence electrons. The molecule has 0 aromatic heterocycles. The summed E-state index contributed by atoms with van der Waals surface area (Å²) in [6, 6.07) is 30.7. The number of carbonyl (C=O) groups excluding carboxylic acids is 1. The van der Waals surface area contributed by atoms with E-state index in [1.165, 1.54) is 32.4 Å². The molecular formula is C31H27N3O5S. The van der Waals surface area contributed by atoms with Crippen LogP contribution < -0.4 is 19.2 Å². The lowest BCUT2D eigenvalue weighted by Gasteiger charge is -2.24. The minimum atomic E-state index is -4.16. The molecule has 1 N–H and O–H groups in total. The number of nitrogens with zero attached hydrogens (tertiary/aromatic N) is 2. The molecule has 0 bridgehead atoms. The van der Waals surface area contributed by atoms with Crippen LogP contribution in [0.15, 0.2) is 113 Å². The van der Waals surface area contributed by atoms with Gasteiger partial charge in [-0.1, -0.05) is 66.7 Å². The molecule has 0 radical (unpaired) electrons. The van der Waals surface area contributed by atoms with Crippen LogP contribution in [0.2, 0.25) is 0 Å². The van der Waals surface area contributed by atoms with E-state index in [0.717, 1.165) is 31.4 Å². The number of ether oxygens (including phenoxy) is 2. The molecule has 0 aliphatic heterocycles. The molecule has 0 heterocycles. The van der Waals surface area contributed by atoms with E-state index in [2.05, 4.69) is 16.6 Å². The van der Waals surface area contributed by atoms with Gasteiger partial charge in [-0.2, -0.15) is 5.10 Å². The summed E-state index contributed by atoms with van der Waals surface area (Å²) in [5.74, 6) is 0.0439. The molecule has 0 aliphatic carbocycles. The monoisotopic (exact) mass is 553 g/mol. The molecule has 0 saturated carbocycles. The summed E-state index contributed by atoms with van der Waals surface area (Å²) in [4.78, 5) is 13.0. The summed E-state index contributed by atoms with van der Waals surface area (Å²) in [5.41, 5.74) is 3.69. The number of hydrazone groups is 1. The van der Waals surface area contributed by atoms with Crippen molar-refractivity contribution in [1.82, 2.24) is 5.43 Å². The zero-order valence-corrected chi connectivity index (χ0v) is 22.8.